The van der Waals surface area contributed by atoms with Crippen molar-refractivity contribution in [2.75, 3.05) is 0 Å². The van der Waals surface area contributed by atoms with Crippen molar-refractivity contribution in [3.63, 3.8) is 0 Å². The van der Waals surface area contributed by atoms with Crippen LogP contribution in [-0.2, 0) is 16.1 Å². The van der Waals surface area contributed by atoms with E-state index in [0.29, 0.717) is 17.6 Å². The highest BCUT2D eigenvalue weighted by atomic mass is 35.5. The van der Waals surface area contributed by atoms with Crippen LogP contribution in [0.5, 0.6) is 0 Å². The Balaban J connectivity index is 1.39. The number of carbonyl (C=O) groups is 2. The number of halogens is 1. The molecule has 2 aliphatic rings. The number of carbonyl (C=O) groups excluding carboxylic acids is 2. The number of amides is 2. The number of rotatable bonds is 5. The fraction of sp³-hybridized carbons (Fsp3) is 0.600. The Kier molecular flexibility index (Phi) is 6.35. The van der Waals surface area contributed by atoms with Crippen molar-refractivity contribution in [1.82, 2.24) is 10.6 Å². The smallest absolute Gasteiger partial charge is 0.223 e. The van der Waals surface area contributed by atoms with Crippen LogP contribution >= 0.6 is 11.6 Å². The Morgan fingerprint density at radius 1 is 0.880 bits per heavy atom. The molecule has 0 aromatic heterocycles. The highest BCUT2D eigenvalue weighted by Gasteiger charge is 2.31. The van der Waals surface area contributed by atoms with Crippen molar-refractivity contribution in [3.05, 3.63) is 34.9 Å². The number of hydrogen-bond donors (Lipinski definition) is 2. The van der Waals surface area contributed by atoms with Gasteiger partial charge < -0.3 is 10.6 Å². The first-order chi connectivity index (χ1) is 12.1. The molecule has 2 saturated carbocycles. The molecule has 2 fully saturated rings. The number of hydrogen-bond acceptors (Lipinski definition) is 2. The van der Waals surface area contributed by atoms with Crippen molar-refractivity contribution < 1.29 is 9.59 Å². The molecule has 1 aromatic carbocycles. The fourth-order valence-electron chi connectivity index (χ4n) is 3.94. The molecule has 2 aliphatic carbocycles. The Bertz CT molecular complexity index is 588. The maximum Gasteiger partial charge on any atom is 0.223 e. The molecule has 2 amide bonds. The third-order valence-electron chi connectivity index (χ3n) is 5.55. The maximum absolute atomic E-state index is 12.4. The highest BCUT2D eigenvalue weighted by Crippen LogP contribution is 2.30. The summed E-state index contributed by atoms with van der Waals surface area (Å²) in [6.07, 6.45) is 7.93. The summed E-state index contributed by atoms with van der Waals surface area (Å²) in [5, 5.41) is 6.90. The second-order valence-corrected chi connectivity index (χ2v) is 7.82. The Labute approximate surface area is 154 Å². The first-order valence-electron chi connectivity index (χ1n) is 9.44. The zero-order valence-corrected chi connectivity index (χ0v) is 15.4. The average molecular weight is 363 g/mol. The molecule has 25 heavy (non-hydrogen) atoms. The predicted molar refractivity (Wildman–Crippen MR) is 99.1 cm³/mol. The lowest BCUT2D eigenvalue weighted by atomic mass is 9.81. The Morgan fingerprint density at radius 2 is 1.44 bits per heavy atom. The molecule has 136 valence electrons. The normalized spacial score (nSPS) is 24.0. The van der Waals surface area contributed by atoms with E-state index in [0.717, 1.165) is 44.1 Å². The average Bonchev–Trinajstić information content (AvgIpc) is 3.14. The summed E-state index contributed by atoms with van der Waals surface area (Å²) < 4.78 is 0. The van der Waals surface area contributed by atoms with E-state index in [4.69, 9.17) is 11.6 Å². The SMILES string of the molecule is O=C(NCc1ccc(Cl)cc1)C1CCC(C(=O)NC2CCCC2)CC1. The van der Waals surface area contributed by atoms with Gasteiger partial charge in [-0.1, -0.05) is 36.6 Å². The summed E-state index contributed by atoms with van der Waals surface area (Å²) >= 11 is 5.87. The fourth-order valence-corrected chi connectivity index (χ4v) is 4.07. The van der Waals surface area contributed by atoms with Crippen LogP contribution in [0.1, 0.15) is 56.9 Å². The lowest BCUT2D eigenvalue weighted by Gasteiger charge is -2.28. The van der Waals surface area contributed by atoms with Gasteiger partial charge in [0.1, 0.15) is 0 Å². The van der Waals surface area contributed by atoms with Crippen LogP contribution in [-0.4, -0.2) is 17.9 Å². The summed E-state index contributed by atoms with van der Waals surface area (Å²) in [4.78, 5) is 24.7. The van der Waals surface area contributed by atoms with Gasteiger partial charge in [0.05, 0.1) is 0 Å². The molecule has 5 heteroatoms. The van der Waals surface area contributed by atoms with Crippen LogP contribution in [0, 0.1) is 11.8 Å². The van der Waals surface area contributed by atoms with Gasteiger partial charge in [0.15, 0.2) is 0 Å². The van der Waals surface area contributed by atoms with Gasteiger partial charge in [-0.05, 0) is 56.2 Å². The summed E-state index contributed by atoms with van der Waals surface area (Å²) in [7, 11) is 0. The summed E-state index contributed by atoms with van der Waals surface area (Å²) in [5.41, 5.74) is 1.04. The van der Waals surface area contributed by atoms with Crippen LogP contribution in [0.25, 0.3) is 0 Å². The molecule has 1 aromatic rings. The van der Waals surface area contributed by atoms with E-state index in [-0.39, 0.29) is 23.7 Å². The molecular weight excluding hydrogens is 336 g/mol. The van der Waals surface area contributed by atoms with E-state index in [1.807, 2.05) is 24.3 Å². The van der Waals surface area contributed by atoms with Crippen molar-refractivity contribution in [2.24, 2.45) is 11.8 Å². The van der Waals surface area contributed by atoms with Crippen molar-refractivity contribution in [3.8, 4) is 0 Å². The van der Waals surface area contributed by atoms with Crippen LogP contribution in [0.2, 0.25) is 5.02 Å². The molecule has 0 bridgehead atoms. The van der Waals surface area contributed by atoms with E-state index >= 15 is 0 Å². The lowest BCUT2D eigenvalue weighted by molar-refractivity contribution is -0.131. The standard InChI is InChI=1S/C20H27ClN2O2/c21-17-11-5-14(6-12-17)13-22-19(24)15-7-9-16(10-8-15)20(25)23-18-3-1-2-4-18/h5-6,11-12,15-16,18H,1-4,7-10,13H2,(H,22,24)(H,23,25). The molecular formula is C20H27ClN2O2. The van der Waals surface area contributed by atoms with E-state index in [1.165, 1.54) is 12.8 Å². The molecule has 0 heterocycles. The van der Waals surface area contributed by atoms with Crippen LogP contribution in [0.3, 0.4) is 0 Å². The summed E-state index contributed by atoms with van der Waals surface area (Å²) in [6.45, 7) is 0.526. The van der Waals surface area contributed by atoms with Gasteiger partial charge in [0, 0.05) is 29.4 Å². The van der Waals surface area contributed by atoms with Crippen molar-refractivity contribution in [1.29, 1.82) is 0 Å². The van der Waals surface area contributed by atoms with Crippen LogP contribution in [0.4, 0.5) is 0 Å². The summed E-state index contributed by atoms with van der Waals surface area (Å²) in [6, 6.07) is 7.89. The van der Waals surface area contributed by atoms with Gasteiger partial charge in [-0.15, -0.1) is 0 Å². The minimum Gasteiger partial charge on any atom is -0.353 e. The number of nitrogens with one attached hydrogen (secondary N) is 2. The van der Waals surface area contributed by atoms with E-state index in [2.05, 4.69) is 10.6 Å². The molecule has 3 rings (SSSR count). The molecule has 0 spiro atoms. The minimum absolute atomic E-state index is 0.0304. The molecule has 2 N–H and O–H groups in total. The van der Waals surface area contributed by atoms with Gasteiger partial charge in [0.25, 0.3) is 0 Å². The van der Waals surface area contributed by atoms with Gasteiger partial charge in [0.2, 0.25) is 11.8 Å². The zero-order chi connectivity index (χ0) is 17.6. The molecule has 4 nitrogen and oxygen atoms in total. The van der Waals surface area contributed by atoms with E-state index in [9.17, 15) is 9.59 Å². The molecule has 0 atom stereocenters. The number of benzene rings is 1. The Morgan fingerprint density at radius 3 is 2.04 bits per heavy atom. The molecule has 0 radical (unpaired) electrons. The molecule has 0 saturated heterocycles. The first-order valence-corrected chi connectivity index (χ1v) is 9.82. The van der Waals surface area contributed by atoms with Crippen LogP contribution < -0.4 is 10.6 Å². The third kappa shape index (κ3) is 5.21. The largest absolute Gasteiger partial charge is 0.353 e. The van der Waals surface area contributed by atoms with E-state index < -0.39 is 0 Å². The predicted octanol–water partition coefficient (Wildman–Crippen LogP) is 3.82. The highest BCUT2D eigenvalue weighted by molar-refractivity contribution is 6.30. The quantitative estimate of drug-likeness (QED) is 0.836. The van der Waals surface area contributed by atoms with Crippen LogP contribution in [0.15, 0.2) is 24.3 Å². The first kappa shape index (κ1) is 18.2. The molecule has 0 unspecified atom stereocenters. The monoisotopic (exact) mass is 362 g/mol. The summed E-state index contributed by atoms with van der Waals surface area (Å²) in [5.74, 6) is 0.417. The second-order valence-electron chi connectivity index (χ2n) is 7.38. The third-order valence-corrected chi connectivity index (χ3v) is 5.80. The lowest BCUT2D eigenvalue weighted by Crippen LogP contribution is -2.40. The Hall–Kier alpha value is -1.55. The topological polar surface area (TPSA) is 58.2 Å². The zero-order valence-electron chi connectivity index (χ0n) is 14.6. The van der Waals surface area contributed by atoms with Gasteiger partial charge in [-0.25, -0.2) is 0 Å². The van der Waals surface area contributed by atoms with E-state index in [1.54, 1.807) is 0 Å². The van der Waals surface area contributed by atoms with Crippen molar-refractivity contribution in [2.45, 2.75) is 64.0 Å². The second kappa shape index (κ2) is 8.70. The van der Waals surface area contributed by atoms with Crippen molar-refractivity contribution >= 4 is 23.4 Å². The van der Waals surface area contributed by atoms with Gasteiger partial charge in [-0.3, -0.25) is 9.59 Å². The maximum atomic E-state index is 12.4. The molecule has 0 aliphatic heterocycles. The van der Waals surface area contributed by atoms with Gasteiger partial charge >= 0.3 is 0 Å². The minimum atomic E-state index is 0.0304. The van der Waals surface area contributed by atoms with Gasteiger partial charge in [-0.2, -0.15) is 0 Å².